The van der Waals surface area contributed by atoms with Crippen LogP contribution in [0.25, 0.3) is 0 Å². The number of carbonyl (C=O) groups is 1. The Balaban J connectivity index is 1.90. The Morgan fingerprint density at radius 3 is 2.80 bits per heavy atom. The molecule has 0 aliphatic heterocycles. The second-order valence-electron chi connectivity index (χ2n) is 5.00. The van der Waals surface area contributed by atoms with Gasteiger partial charge in [0.15, 0.2) is 0 Å². The molecule has 2 rings (SSSR count). The van der Waals surface area contributed by atoms with Crippen LogP contribution < -0.4 is 5.32 Å². The van der Waals surface area contributed by atoms with E-state index >= 15 is 0 Å². The van der Waals surface area contributed by atoms with Gasteiger partial charge in [0.25, 0.3) is 0 Å². The van der Waals surface area contributed by atoms with Gasteiger partial charge in [-0.25, -0.2) is 8.78 Å². The summed E-state index contributed by atoms with van der Waals surface area (Å²) in [6.45, 7) is 1.70. The van der Waals surface area contributed by atoms with Crippen molar-refractivity contribution in [2.24, 2.45) is 5.92 Å². The zero-order valence-corrected chi connectivity index (χ0v) is 11.8. The number of amides is 1. The topological polar surface area (TPSA) is 52.9 Å². The van der Waals surface area contributed by atoms with Crippen LogP contribution in [-0.4, -0.2) is 17.2 Å². The second kappa shape index (κ2) is 5.80. The van der Waals surface area contributed by atoms with Gasteiger partial charge in [-0.05, 0) is 37.8 Å². The van der Waals surface area contributed by atoms with Gasteiger partial charge in [-0.1, -0.05) is 0 Å². The fraction of sp³-hybridized carbons (Fsp3) is 0.429. The monoisotopic (exact) mass is 296 g/mol. The molecule has 0 radical (unpaired) electrons. The van der Waals surface area contributed by atoms with Gasteiger partial charge in [0, 0.05) is 11.0 Å². The van der Waals surface area contributed by atoms with Crippen LogP contribution in [0, 0.1) is 28.9 Å². The van der Waals surface area contributed by atoms with Crippen LogP contribution in [-0.2, 0) is 4.79 Å². The molecule has 1 aliphatic carbocycles. The molecule has 1 atom stereocenters. The maximum atomic E-state index is 13.4. The zero-order chi connectivity index (χ0) is 14.8. The molecule has 1 aromatic carbocycles. The van der Waals surface area contributed by atoms with Gasteiger partial charge in [0.1, 0.15) is 17.2 Å². The number of nitrogens with zero attached hydrogens (tertiary/aromatic N) is 1. The lowest BCUT2D eigenvalue weighted by Gasteiger charge is -2.22. The molecular weight excluding hydrogens is 282 g/mol. The molecule has 0 aromatic heterocycles. The maximum absolute atomic E-state index is 13.4. The van der Waals surface area contributed by atoms with Crippen molar-refractivity contribution in [3.05, 3.63) is 29.8 Å². The number of nitriles is 1. The minimum Gasteiger partial charge on any atom is -0.337 e. The number of nitrogens with one attached hydrogen (secondary N) is 1. The van der Waals surface area contributed by atoms with Crippen molar-refractivity contribution in [2.45, 2.75) is 30.2 Å². The lowest BCUT2D eigenvalue weighted by atomic mass is 9.98. The molecule has 1 amide bonds. The maximum Gasteiger partial charge on any atom is 0.231 e. The molecule has 1 aromatic rings. The van der Waals surface area contributed by atoms with E-state index in [0.717, 1.165) is 36.7 Å². The third-order valence-electron chi connectivity index (χ3n) is 3.28. The van der Waals surface area contributed by atoms with Crippen molar-refractivity contribution in [1.29, 1.82) is 5.26 Å². The van der Waals surface area contributed by atoms with Crippen LogP contribution in [0.2, 0.25) is 0 Å². The number of halogens is 2. The highest BCUT2D eigenvalue weighted by Gasteiger charge is 2.42. The Morgan fingerprint density at radius 2 is 2.25 bits per heavy atom. The smallest absolute Gasteiger partial charge is 0.231 e. The quantitative estimate of drug-likeness (QED) is 0.850. The number of benzene rings is 1. The molecule has 6 heteroatoms. The van der Waals surface area contributed by atoms with Gasteiger partial charge >= 0.3 is 0 Å². The summed E-state index contributed by atoms with van der Waals surface area (Å²) in [4.78, 5) is 12.0. The lowest BCUT2D eigenvalue weighted by molar-refractivity contribution is -0.119. The Kier molecular flexibility index (Phi) is 4.29. The number of hydrogen-bond acceptors (Lipinski definition) is 3. The normalized spacial score (nSPS) is 17.1. The molecule has 106 valence electrons. The van der Waals surface area contributed by atoms with E-state index in [2.05, 4.69) is 11.4 Å². The van der Waals surface area contributed by atoms with Crippen molar-refractivity contribution < 1.29 is 13.6 Å². The molecule has 20 heavy (non-hydrogen) atoms. The average molecular weight is 296 g/mol. The first-order chi connectivity index (χ1) is 9.44. The van der Waals surface area contributed by atoms with Crippen molar-refractivity contribution in [3.63, 3.8) is 0 Å². The van der Waals surface area contributed by atoms with Crippen LogP contribution >= 0.6 is 11.8 Å². The van der Waals surface area contributed by atoms with Gasteiger partial charge in [-0.15, -0.1) is 11.8 Å². The third kappa shape index (κ3) is 3.48. The van der Waals surface area contributed by atoms with E-state index in [1.807, 2.05) is 0 Å². The number of rotatable bonds is 5. The van der Waals surface area contributed by atoms with Gasteiger partial charge in [-0.3, -0.25) is 4.79 Å². The van der Waals surface area contributed by atoms with E-state index in [0.29, 0.717) is 0 Å². The average Bonchev–Trinajstić information content (AvgIpc) is 3.22. The van der Waals surface area contributed by atoms with E-state index < -0.39 is 17.2 Å². The predicted molar refractivity (Wildman–Crippen MR) is 72.0 cm³/mol. The van der Waals surface area contributed by atoms with Crippen LogP contribution in [0.3, 0.4) is 0 Å². The van der Waals surface area contributed by atoms with Crippen LogP contribution in [0.5, 0.6) is 0 Å². The van der Waals surface area contributed by atoms with Crippen LogP contribution in [0.1, 0.15) is 19.8 Å². The summed E-state index contributed by atoms with van der Waals surface area (Å²) in [5, 5.41) is 11.8. The van der Waals surface area contributed by atoms with E-state index in [1.165, 1.54) is 6.07 Å². The summed E-state index contributed by atoms with van der Waals surface area (Å²) < 4.78 is 26.1. The fourth-order valence-electron chi connectivity index (χ4n) is 1.94. The molecule has 1 N–H and O–H groups in total. The summed E-state index contributed by atoms with van der Waals surface area (Å²) in [7, 11) is 0. The highest BCUT2D eigenvalue weighted by atomic mass is 32.2. The molecule has 1 saturated carbocycles. The first kappa shape index (κ1) is 14.8. The molecule has 1 aliphatic rings. The number of hydrogen-bond donors (Lipinski definition) is 1. The highest BCUT2D eigenvalue weighted by molar-refractivity contribution is 8.00. The standard InChI is InChI=1S/C14H14F2N2OS/c1-14(8-17,9-2-3-9)18-13(19)7-20-12-5-4-10(15)6-11(12)16/h4-6,9H,2-3,7H2,1H3,(H,18,19). The molecule has 3 nitrogen and oxygen atoms in total. The summed E-state index contributed by atoms with van der Waals surface area (Å²) in [5.41, 5.74) is -0.848. The molecule has 1 unspecified atom stereocenters. The number of thioether (sulfide) groups is 1. The van der Waals surface area contributed by atoms with Gasteiger partial charge in [-0.2, -0.15) is 5.26 Å². The summed E-state index contributed by atoms with van der Waals surface area (Å²) in [5.74, 6) is -1.47. The minimum atomic E-state index is -0.848. The molecule has 0 saturated heterocycles. The first-order valence-electron chi connectivity index (χ1n) is 6.25. The SMILES string of the molecule is CC(C#N)(NC(=O)CSc1ccc(F)cc1F)C1CC1. The van der Waals surface area contributed by atoms with Gasteiger partial charge in [0.2, 0.25) is 5.91 Å². The first-order valence-corrected chi connectivity index (χ1v) is 7.23. The predicted octanol–water partition coefficient (Wildman–Crippen LogP) is 2.87. The molecule has 1 fully saturated rings. The molecule has 0 bridgehead atoms. The van der Waals surface area contributed by atoms with Crippen molar-refractivity contribution >= 4 is 17.7 Å². The van der Waals surface area contributed by atoms with Gasteiger partial charge < -0.3 is 5.32 Å². The second-order valence-corrected chi connectivity index (χ2v) is 6.02. The van der Waals surface area contributed by atoms with Crippen molar-refractivity contribution in [3.8, 4) is 6.07 Å². The van der Waals surface area contributed by atoms with E-state index in [1.54, 1.807) is 6.92 Å². The summed E-state index contributed by atoms with van der Waals surface area (Å²) in [6.07, 6.45) is 1.87. The Labute approximate surface area is 120 Å². The summed E-state index contributed by atoms with van der Waals surface area (Å²) >= 11 is 0.984. The van der Waals surface area contributed by atoms with Gasteiger partial charge in [0.05, 0.1) is 11.8 Å². The number of carbonyl (C=O) groups excluding carboxylic acids is 1. The molecule has 0 spiro atoms. The Hall–Kier alpha value is -1.61. The highest BCUT2D eigenvalue weighted by Crippen LogP contribution is 2.39. The van der Waals surface area contributed by atoms with E-state index in [9.17, 15) is 13.6 Å². The van der Waals surface area contributed by atoms with E-state index in [4.69, 9.17) is 5.26 Å². The van der Waals surface area contributed by atoms with Crippen molar-refractivity contribution in [1.82, 2.24) is 5.32 Å². The minimum absolute atomic E-state index is 0.00740. The summed E-state index contributed by atoms with van der Waals surface area (Å²) in [6, 6.07) is 5.35. The van der Waals surface area contributed by atoms with E-state index in [-0.39, 0.29) is 22.5 Å². The van der Waals surface area contributed by atoms with Crippen LogP contribution in [0.15, 0.2) is 23.1 Å². The van der Waals surface area contributed by atoms with Crippen molar-refractivity contribution in [2.75, 3.05) is 5.75 Å². The fourth-order valence-corrected chi connectivity index (χ4v) is 2.66. The Morgan fingerprint density at radius 1 is 1.55 bits per heavy atom. The molecular formula is C14H14F2N2OS. The third-order valence-corrected chi connectivity index (χ3v) is 4.33. The Bertz CT molecular complexity index is 569. The zero-order valence-electron chi connectivity index (χ0n) is 11.0. The molecule has 0 heterocycles. The largest absolute Gasteiger partial charge is 0.337 e. The lowest BCUT2D eigenvalue weighted by Crippen LogP contribution is -2.47. The van der Waals surface area contributed by atoms with Crippen LogP contribution in [0.4, 0.5) is 8.78 Å².